The second-order valence-corrected chi connectivity index (χ2v) is 5.83. The molecule has 0 bridgehead atoms. The third kappa shape index (κ3) is 3.07. The number of carbonyl (C=O) groups is 3. The van der Waals surface area contributed by atoms with Crippen LogP contribution in [0.15, 0.2) is 22.7 Å². The quantitative estimate of drug-likeness (QED) is 0.858. The van der Waals surface area contributed by atoms with Gasteiger partial charge >= 0.3 is 0 Å². The van der Waals surface area contributed by atoms with Gasteiger partial charge in [-0.1, -0.05) is 15.9 Å². The van der Waals surface area contributed by atoms with Crippen LogP contribution in [-0.2, 0) is 9.59 Å². The van der Waals surface area contributed by atoms with Crippen LogP contribution in [0.5, 0.6) is 0 Å². The van der Waals surface area contributed by atoms with Crippen LogP contribution >= 0.6 is 15.9 Å². The van der Waals surface area contributed by atoms with Crippen molar-refractivity contribution in [3.05, 3.63) is 28.2 Å². The van der Waals surface area contributed by atoms with Gasteiger partial charge in [0.15, 0.2) is 5.78 Å². The summed E-state index contributed by atoms with van der Waals surface area (Å²) in [6.45, 7) is 1.86. The number of Topliss-reactive ketones (excluding diaryl/α,β-unsaturated/α-hetero) is 1. The number of amides is 2. The standard InChI is InChI=1S/C14H15BrN2O3/c1-8(18)11-6-10(15)3-4-12(11)16-14(20)9-5-13(19)17(2)7-9/h3-4,6,9H,5,7H2,1-2H3,(H,16,20)/t9-/m0/s1. The number of nitrogens with zero attached hydrogens (tertiary/aromatic N) is 1. The van der Waals surface area contributed by atoms with E-state index in [4.69, 9.17) is 0 Å². The van der Waals surface area contributed by atoms with Gasteiger partial charge in [-0.3, -0.25) is 14.4 Å². The lowest BCUT2D eigenvalue weighted by Gasteiger charge is -2.13. The molecule has 2 rings (SSSR count). The van der Waals surface area contributed by atoms with E-state index in [2.05, 4.69) is 21.2 Å². The first kappa shape index (κ1) is 14.7. The van der Waals surface area contributed by atoms with Gasteiger partial charge in [-0.05, 0) is 25.1 Å². The summed E-state index contributed by atoms with van der Waals surface area (Å²) >= 11 is 3.30. The van der Waals surface area contributed by atoms with E-state index in [0.29, 0.717) is 17.8 Å². The van der Waals surface area contributed by atoms with Gasteiger partial charge in [0.05, 0.1) is 11.6 Å². The predicted molar refractivity (Wildman–Crippen MR) is 78.5 cm³/mol. The summed E-state index contributed by atoms with van der Waals surface area (Å²) in [6.07, 6.45) is 0.217. The maximum absolute atomic E-state index is 12.2. The summed E-state index contributed by atoms with van der Waals surface area (Å²) < 4.78 is 0.775. The molecule has 6 heteroatoms. The minimum absolute atomic E-state index is 0.0345. The summed E-state index contributed by atoms with van der Waals surface area (Å²) in [7, 11) is 1.68. The molecule has 20 heavy (non-hydrogen) atoms. The van der Waals surface area contributed by atoms with E-state index in [1.54, 1.807) is 25.2 Å². The van der Waals surface area contributed by atoms with Crippen molar-refractivity contribution in [2.24, 2.45) is 5.92 Å². The van der Waals surface area contributed by atoms with Crippen LogP contribution in [0.4, 0.5) is 5.69 Å². The Morgan fingerprint density at radius 3 is 2.65 bits per heavy atom. The number of hydrogen-bond donors (Lipinski definition) is 1. The third-order valence-corrected chi connectivity index (χ3v) is 3.82. The Hall–Kier alpha value is -1.69. The van der Waals surface area contributed by atoms with Crippen molar-refractivity contribution >= 4 is 39.2 Å². The number of likely N-dealkylation sites (tertiary alicyclic amines) is 1. The molecule has 106 valence electrons. The fraction of sp³-hybridized carbons (Fsp3) is 0.357. The molecule has 0 aliphatic carbocycles. The molecule has 0 aromatic heterocycles. The molecule has 1 saturated heterocycles. The minimum atomic E-state index is -0.365. The number of halogens is 1. The van der Waals surface area contributed by atoms with E-state index in [0.717, 1.165) is 4.47 Å². The molecule has 1 atom stereocenters. The van der Waals surface area contributed by atoms with Gasteiger partial charge in [-0.15, -0.1) is 0 Å². The molecule has 0 radical (unpaired) electrons. The van der Waals surface area contributed by atoms with Crippen LogP contribution in [-0.4, -0.2) is 36.1 Å². The fourth-order valence-corrected chi connectivity index (χ4v) is 2.55. The molecule has 1 aromatic rings. The summed E-state index contributed by atoms with van der Waals surface area (Å²) in [5.41, 5.74) is 0.929. The molecule has 2 amide bonds. The SMILES string of the molecule is CC(=O)c1cc(Br)ccc1NC(=O)[C@H]1CC(=O)N(C)C1. The molecule has 1 fully saturated rings. The third-order valence-electron chi connectivity index (χ3n) is 3.33. The van der Waals surface area contributed by atoms with Gasteiger partial charge < -0.3 is 10.2 Å². The second kappa shape index (κ2) is 5.75. The Morgan fingerprint density at radius 1 is 1.40 bits per heavy atom. The van der Waals surface area contributed by atoms with Gasteiger partial charge in [-0.2, -0.15) is 0 Å². The smallest absolute Gasteiger partial charge is 0.229 e. The Labute approximate surface area is 125 Å². The van der Waals surface area contributed by atoms with Crippen molar-refractivity contribution in [3.8, 4) is 0 Å². The highest BCUT2D eigenvalue weighted by Crippen LogP contribution is 2.24. The van der Waals surface area contributed by atoms with E-state index in [9.17, 15) is 14.4 Å². The van der Waals surface area contributed by atoms with Crippen LogP contribution in [0.25, 0.3) is 0 Å². The Morgan fingerprint density at radius 2 is 2.10 bits per heavy atom. The zero-order chi connectivity index (χ0) is 14.9. The van der Waals surface area contributed by atoms with E-state index < -0.39 is 0 Å². The van der Waals surface area contributed by atoms with Crippen LogP contribution < -0.4 is 5.32 Å². The Balaban J connectivity index is 2.16. The van der Waals surface area contributed by atoms with Crippen molar-refractivity contribution in [1.29, 1.82) is 0 Å². The van der Waals surface area contributed by atoms with Crippen molar-refractivity contribution in [1.82, 2.24) is 4.90 Å². The highest BCUT2D eigenvalue weighted by atomic mass is 79.9. The first-order valence-corrected chi connectivity index (χ1v) is 7.03. The molecule has 0 saturated carbocycles. The van der Waals surface area contributed by atoms with Crippen molar-refractivity contribution < 1.29 is 14.4 Å². The molecule has 1 aromatic carbocycles. The maximum Gasteiger partial charge on any atom is 0.229 e. The monoisotopic (exact) mass is 338 g/mol. The lowest BCUT2D eigenvalue weighted by Crippen LogP contribution is -2.26. The number of rotatable bonds is 3. The van der Waals surface area contributed by atoms with Gasteiger partial charge in [-0.25, -0.2) is 0 Å². The predicted octanol–water partition coefficient (Wildman–Crippen LogP) is 2.07. The van der Waals surface area contributed by atoms with Gasteiger partial charge in [0.2, 0.25) is 11.8 Å². The molecule has 1 aliphatic heterocycles. The molecule has 1 aliphatic rings. The zero-order valence-corrected chi connectivity index (χ0v) is 12.9. The van der Waals surface area contributed by atoms with Crippen LogP contribution in [0, 0.1) is 5.92 Å². The van der Waals surface area contributed by atoms with E-state index >= 15 is 0 Å². The first-order valence-electron chi connectivity index (χ1n) is 6.24. The molecule has 1 heterocycles. The van der Waals surface area contributed by atoms with Crippen LogP contribution in [0.2, 0.25) is 0 Å². The van der Waals surface area contributed by atoms with E-state index in [1.807, 2.05) is 0 Å². The Kier molecular flexibility index (Phi) is 4.23. The lowest BCUT2D eigenvalue weighted by molar-refractivity contribution is -0.127. The summed E-state index contributed by atoms with van der Waals surface area (Å²) in [4.78, 5) is 36.7. The zero-order valence-electron chi connectivity index (χ0n) is 11.3. The largest absolute Gasteiger partial charge is 0.345 e. The Bertz CT molecular complexity index is 586. The first-order chi connectivity index (χ1) is 9.38. The summed E-state index contributed by atoms with van der Waals surface area (Å²) in [5.74, 6) is -0.752. The van der Waals surface area contributed by atoms with Crippen LogP contribution in [0.1, 0.15) is 23.7 Å². The van der Waals surface area contributed by atoms with Crippen LogP contribution in [0.3, 0.4) is 0 Å². The summed E-state index contributed by atoms with van der Waals surface area (Å²) in [6, 6.07) is 5.11. The van der Waals surface area contributed by atoms with Crippen molar-refractivity contribution in [2.45, 2.75) is 13.3 Å². The topological polar surface area (TPSA) is 66.5 Å². The molecular weight excluding hydrogens is 324 g/mol. The van der Waals surface area contributed by atoms with E-state index in [1.165, 1.54) is 11.8 Å². The molecule has 1 N–H and O–H groups in total. The van der Waals surface area contributed by atoms with Gasteiger partial charge in [0.1, 0.15) is 0 Å². The summed E-state index contributed by atoms with van der Waals surface area (Å²) in [5, 5.41) is 2.74. The number of carbonyl (C=O) groups excluding carboxylic acids is 3. The second-order valence-electron chi connectivity index (χ2n) is 4.91. The normalized spacial score (nSPS) is 18.2. The number of anilines is 1. The fourth-order valence-electron chi connectivity index (χ4n) is 2.19. The highest BCUT2D eigenvalue weighted by Gasteiger charge is 2.32. The molecular formula is C14H15BrN2O3. The number of benzene rings is 1. The van der Waals surface area contributed by atoms with Gasteiger partial charge in [0, 0.05) is 30.0 Å². The van der Waals surface area contributed by atoms with Crippen molar-refractivity contribution in [3.63, 3.8) is 0 Å². The minimum Gasteiger partial charge on any atom is -0.345 e. The average Bonchev–Trinajstić information content (AvgIpc) is 2.71. The van der Waals surface area contributed by atoms with Gasteiger partial charge in [0.25, 0.3) is 0 Å². The lowest BCUT2D eigenvalue weighted by atomic mass is 10.1. The van der Waals surface area contributed by atoms with Crippen molar-refractivity contribution in [2.75, 3.05) is 18.9 Å². The molecule has 0 unspecified atom stereocenters. The number of ketones is 1. The number of nitrogens with one attached hydrogen (secondary N) is 1. The van der Waals surface area contributed by atoms with E-state index in [-0.39, 0.29) is 29.9 Å². The number of hydrogen-bond acceptors (Lipinski definition) is 3. The highest BCUT2D eigenvalue weighted by molar-refractivity contribution is 9.10. The molecule has 0 spiro atoms. The maximum atomic E-state index is 12.2. The average molecular weight is 339 g/mol. The molecule has 5 nitrogen and oxygen atoms in total.